The third kappa shape index (κ3) is 4.79. The molecule has 0 atom stereocenters. The predicted octanol–water partition coefficient (Wildman–Crippen LogP) is 3.16. The number of nitrogens with zero attached hydrogens (tertiary/aromatic N) is 1. The number of thiophene rings is 1. The molecule has 1 heterocycles. The molecular formula is C11H15Br2NO2S. The Balaban J connectivity index is 2.61. The molecule has 1 rings (SSSR count). The van der Waals surface area contributed by atoms with Gasteiger partial charge in [-0.1, -0.05) is 6.92 Å². The molecule has 0 saturated carbocycles. The van der Waals surface area contributed by atoms with E-state index in [0.717, 1.165) is 26.2 Å². The highest BCUT2D eigenvalue weighted by atomic mass is 79.9. The van der Waals surface area contributed by atoms with Crippen molar-refractivity contribution in [1.82, 2.24) is 4.90 Å². The summed E-state index contributed by atoms with van der Waals surface area (Å²) in [6.45, 7) is 4.15. The minimum atomic E-state index is 0.110. The van der Waals surface area contributed by atoms with Gasteiger partial charge in [-0.05, 0) is 50.9 Å². The predicted molar refractivity (Wildman–Crippen MR) is 77.9 cm³/mol. The molecule has 0 aliphatic carbocycles. The summed E-state index contributed by atoms with van der Waals surface area (Å²) in [5.41, 5.74) is 0.726. The highest BCUT2D eigenvalue weighted by Crippen LogP contribution is 2.32. The van der Waals surface area contributed by atoms with Crippen molar-refractivity contribution >= 4 is 49.0 Å². The molecule has 0 unspecified atom stereocenters. The third-order valence-electron chi connectivity index (χ3n) is 2.40. The van der Waals surface area contributed by atoms with Crippen molar-refractivity contribution in [1.29, 1.82) is 0 Å². The lowest BCUT2D eigenvalue weighted by Gasteiger charge is -2.18. The summed E-state index contributed by atoms with van der Waals surface area (Å²) in [6, 6.07) is 1.84. The molecule has 17 heavy (non-hydrogen) atoms. The van der Waals surface area contributed by atoms with E-state index in [4.69, 9.17) is 5.11 Å². The number of carbonyl (C=O) groups is 1. The van der Waals surface area contributed by atoms with Crippen molar-refractivity contribution in [2.45, 2.75) is 13.3 Å². The Labute approximate surface area is 122 Å². The van der Waals surface area contributed by atoms with E-state index in [1.807, 2.05) is 17.9 Å². The summed E-state index contributed by atoms with van der Waals surface area (Å²) in [4.78, 5) is 14.1. The van der Waals surface area contributed by atoms with Crippen molar-refractivity contribution in [3.05, 3.63) is 19.2 Å². The SMILES string of the molecule is CCN(CCCO)CC(=O)c1cc(Br)sc1Br. The Hall–Kier alpha value is 0.250. The molecule has 0 fully saturated rings. The van der Waals surface area contributed by atoms with Gasteiger partial charge in [0.2, 0.25) is 0 Å². The minimum Gasteiger partial charge on any atom is -0.396 e. The van der Waals surface area contributed by atoms with Gasteiger partial charge in [0.25, 0.3) is 0 Å². The molecule has 0 spiro atoms. The Bertz CT molecular complexity index is 382. The maximum Gasteiger partial charge on any atom is 0.178 e. The first kappa shape index (κ1) is 15.3. The highest BCUT2D eigenvalue weighted by molar-refractivity contribution is 9.12. The summed E-state index contributed by atoms with van der Waals surface area (Å²) >= 11 is 8.26. The van der Waals surface area contributed by atoms with Crippen LogP contribution in [0.3, 0.4) is 0 Å². The van der Waals surface area contributed by atoms with Gasteiger partial charge in [-0.25, -0.2) is 0 Å². The van der Waals surface area contributed by atoms with Crippen molar-refractivity contribution in [2.24, 2.45) is 0 Å². The number of Topliss-reactive ketones (excluding diaryl/α,β-unsaturated/α-hetero) is 1. The Kier molecular flexibility index (Phi) is 6.87. The zero-order valence-corrected chi connectivity index (χ0v) is 13.6. The van der Waals surface area contributed by atoms with Crippen LogP contribution in [0.15, 0.2) is 13.6 Å². The lowest BCUT2D eigenvalue weighted by Crippen LogP contribution is -2.31. The molecule has 1 aromatic rings. The molecule has 0 saturated heterocycles. The van der Waals surface area contributed by atoms with Crippen LogP contribution in [0.1, 0.15) is 23.7 Å². The van der Waals surface area contributed by atoms with Crippen molar-refractivity contribution < 1.29 is 9.90 Å². The first-order valence-electron chi connectivity index (χ1n) is 5.39. The quantitative estimate of drug-likeness (QED) is 0.734. The Morgan fingerprint density at radius 1 is 1.53 bits per heavy atom. The molecule has 1 N–H and O–H groups in total. The second-order valence-electron chi connectivity index (χ2n) is 3.61. The minimum absolute atomic E-state index is 0.110. The average molecular weight is 385 g/mol. The van der Waals surface area contributed by atoms with E-state index in [-0.39, 0.29) is 12.4 Å². The molecule has 3 nitrogen and oxygen atoms in total. The number of carbonyl (C=O) groups excluding carboxylic acids is 1. The van der Waals surface area contributed by atoms with Gasteiger partial charge in [0.1, 0.15) is 0 Å². The van der Waals surface area contributed by atoms with E-state index in [9.17, 15) is 4.79 Å². The molecule has 6 heteroatoms. The summed E-state index contributed by atoms with van der Waals surface area (Å²) in [7, 11) is 0. The van der Waals surface area contributed by atoms with Gasteiger partial charge in [-0.2, -0.15) is 0 Å². The fourth-order valence-electron chi connectivity index (χ4n) is 1.46. The molecule has 0 aliphatic rings. The molecule has 1 aromatic heterocycles. The topological polar surface area (TPSA) is 40.5 Å². The van der Waals surface area contributed by atoms with Crippen molar-refractivity contribution in [2.75, 3.05) is 26.2 Å². The third-order valence-corrected chi connectivity index (χ3v) is 4.74. The number of halogens is 2. The second-order valence-corrected chi connectivity index (χ2v) is 7.36. The zero-order chi connectivity index (χ0) is 12.8. The Morgan fingerprint density at radius 3 is 2.71 bits per heavy atom. The zero-order valence-electron chi connectivity index (χ0n) is 9.58. The van der Waals surface area contributed by atoms with Gasteiger partial charge in [0.05, 0.1) is 14.1 Å². The van der Waals surface area contributed by atoms with E-state index in [0.29, 0.717) is 13.0 Å². The molecule has 0 aromatic carbocycles. The number of aliphatic hydroxyl groups excluding tert-OH is 1. The molecule has 0 radical (unpaired) electrons. The number of aliphatic hydroxyl groups is 1. The molecule has 96 valence electrons. The van der Waals surface area contributed by atoms with Gasteiger partial charge in [-0.3, -0.25) is 9.69 Å². The second kappa shape index (κ2) is 7.63. The molecule has 0 aliphatic heterocycles. The largest absolute Gasteiger partial charge is 0.396 e. The van der Waals surface area contributed by atoms with Gasteiger partial charge in [0.15, 0.2) is 5.78 Å². The van der Waals surface area contributed by atoms with Crippen molar-refractivity contribution in [3.63, 3.8) is 0 Å². The van der Waals surface area contributed by atoms with Crippen molar-refractivity contribution in [3.8, 4) is 0 Å². The van der Waals surface area contributed by atoms with E-state index < -0.39 is 0 Å². The lowest BCUT2D eigenvalue weighted by atomic mass is 10.2. The van der Waals surface area contributed by atoms with Crippen LogP contribution in [0, 0.1) is 0 Å². The monoisotopic (exact) mass is 383 g/mol. The van der Waals surface area contributed by atoms with E-state index in [1.165, 1.54) is 11.3 Å². The van der Waals surface area contributed by atoms with E-state index in [2.05, 4.69) is 31.9 Å². The van der Waals surface area contributed by atoms with E-state index >= 15 is 0 Å². The maximum atomic E-state index is 12.1. The number of likely N-dealkylation sites (N-methyl/N-ethyl adjacent to an activating group) is 1. The van der Waals surface area contributed by atoms with Gasteiger partial charge >= 0.3 is 0 Å². The fourth-order valence-corrected chi connectivity index (χ4v) is 4.32. The van der Waals surface area contributed by atoms with Crippen LogP contribution >= 0.6 is 43.2 Å². The smallest absolute Gasteiger partial charge is 0.178 e. The number of ketones is 1. The van der Waals surface area contributed by atoms with Gasteiger partial charge < -0.3 is 5.11 Å². The normalized spacial score (nSPS) is 11.1. The molecule has 0 bridgehead atoms. The van der Waals surface area contributed by atoms with Crippen LogP contribution in [-0.2, 0) is 0 Å². The summed E-state index contributed by atoms with van der Waals surface area (Å²) in [5.74, 6) is 0.110. The number of hydrogen-bond acceptors (Lipinski definition) is 4. The number of rotatable bonds is 7. The fraction of sp³-hybridized carbons (Fsp3) is 0.545. The van der Waals surface area contributed by atoms with Gasteiger partial charge in [-0.15, -0.1) is 11.3 Å². The standard InChI is InChI=1S/C11H15Br2NO2S/c1-2-14(4-3-5-15)7-9(16)8-6-10(12)17-11(8)13/h6,15H,2-5,7H2,1H3. The van der Waals surface area contributed by atoms with Crippen LogP contribution in [0.25, 0.3) is 0 Å². The first-order valence-corrected chi connectivity index (χ1v) is 7.80. The van der Waals surface area contributed by atoms with Crippen LogP contribution in [0.2, 0.25) is 0 Å². The highest BCUT2D eigenvalue weighted by Gasteiger charge is 2.16. The lowest BCUT2D eigenvalue weighted by molar-refractivity contribution is 0.0928. The summed E-state index contributed by atoms with van der Waals surface area (Å²) in [5, 5.41) is 8.79. The summed E-state index contributed by atoms with van der Waals surface area (Å²) < 4.78 is 1.82. The van der Waals surface area contributed by atoms with Crippen LogP contribution in [0.4, 0.5) is 0 Å². The Morgan fingerprint density at radius 2 is 2.24 bits per heavy atom. The first-order chi connectivity index (χ1) is 8.08. The molecular weight excluding hydrogens is 370 g/mol. The average Bonchev–Trinajstić information content (AvgIpc) is 2.63. The summed E-state index contributed by atoms with van der Waals surface area (Å²) in [6.07, 6.45) is 0.704. The van der Waals surface area contributed by atoms with Gasteiger partial charge in [0, 0.05) is 18.7 Å². The van der Waals surface area contributed by atoms with E-state index in [1.54, 1.807) is 0 Å². The van der Waals surface area contributed by atoms with Crippen LogP contribution in [0.5, 0.6) is 0 Å². The number of hydrogen-bond donors (Lipinski definition) is 1. The maximum absolute atomic E-state index is 12.1. The van der Waals surface area contributed by atoms with Crippen LogP contribution < -0.4 is 0 Å². The molecule has 0 amide bonds. The van der Waals surface area contributed by atoms with Crippen LogP contribution in [-0.4, -0.2) is 42.0 Å².